The van der Waals surface area contributed by atoms with Crippen LogP contribution in [0.5, 0.6) is 5.75 Å². The Hall–Kier alpha value is -1.74. The third kappa shape index (κ3) is 3.18. The molecule has 1 aromatic heterocycles. The summed E-state index contributed by atoms with van der Waals surface area (Å²) in [5.74, 6) is 1.86. The average Bonchev–Trinajstić information content (AvgIpc) is 2.93. The van der Waals surface area contributed by atoms with Gasteiger partial charge in [0.15, 0.2) is 0 Å². The van der Waals surface area contributed by atoms with E-state index in [-0.39, 0.29) is 6.04 Å². The quantitative estimate of drug-likeness (QED) is 0.859. The first-order chi connectivity index (χ1) is 9.26. The molecule has 1 atom stereocenters. The lowest BCUT2D eigenvalue weighted by molar-refractivity contribution is 0.410. The van der Waals surface area contributed by atoms with E-state index in [4.69, 9.17) is 9.15 Å². The Balaban J connectivity index is 2.30. The number of ether oxygens (including phenoxy) is 1. The van der Waals surface area contributed by atoms with Gasteiger partial charge in [-0.2, -0.15) is 0 Å². The molecule has 1 N–H and O–H groups in total. The van der Waals surface area contributed by atoms with Crippen LogP contribution in [-0.4, -0.2) is 13.7 Å². The fourth-order valence-electron chi connectivity index (χ4n) is 2.21. The summed E-state index contributed by atoms with van der Waals surface area (Å²) in [7, 11) is 1.70. The highest BCUT2D eigenvalue weighted by Crippen LogP contribution is 2.27. The van der Waals surface area contributed by atoms with Gasteiger partial charge in [0.25, 0.3) is 0 Å². The average molecular weight is 259 g/mol. The molecule has 0 aliphatic heterocycles. The highest BCUT2D eigenvalue weighted by atomic mass is 16.5. The van der Waals surface area contributed by atoms with Gasteiger partial charge in [0.1, 0.15) is 11.5 Å². The molecule has 0 radical (unpaired) electrons. The molecular weight excluding hydrogens is 238 g/mol. The van der Waals surface area contributed by atoms with Gasteiger partial charge in [-0.25, -0.2) is 0 Å². The molecule has 102 valence electrons. The van der Waals surface area contributed by atoms with Crippen molar-refractivity contribution in [2.45, 2.75) is 26.3 Å². The number of hydrogen-bond acceptors (Lipinski definition) is 3. The Morgan fingerprint density at radius 2 is 2.16 bits per heavy atom. The summed E-state index contributed by atoms with van der Waals surface area (Å²) in [5, 5.41) is 3.52. The zero-order chi connectivity index (χ0) is 13.7. The topological polar surface area (TPSA) is 34.4 Å². The van der Waals surface area contributed by atoms with Gasteiger partial charge in [-0.15, -0.1) is 0 Å². The predicted octanol–water partition coefficient (Wildman–Crippen LogP) is 3.69. The van der Waals surface area contributed by atoms with Crippen molar-refractivity contribution in [3.05, 3.63) is 53.5 Å². The van der Waals surface area contributed by atoms with Gasteiger partial charge in [0, 0.05) is 0 Å². The van der Waals surface area contributed by atoms with Crippen molar-refractivity contribution >= 4 is 0 Å². The second-order valence-electron chi connectivity index (χ2n) is 4.63. The number of hydrogen-bond donors (Lipinski definition) is 1. The largest absolute Gasteiger partial charge is 0.496 e. The second-order valence-corrected chi connectivity index (χ2v) is 4.63. The van der Waals surface area contributed by atoms with Gasteiger partial charge < -0.3 is 14.5 Å². The number of aryl methyl sites for hydroxylation is 1. The molecule has 0 amide bonds. The molecule has 0 saturated carbocycles. The monoisotopic (exact) mass is 259 g/mol. The van der Waals surface area contributed by atoms with Crippen molar-refractivity contribution in [1.82, 2.24) is 5.32 Å². The molecule has 2 aromatic rings. The van der Waals surface area contributed by atoms with Gasteiger partial charge in [-0.3, -0.25) is 0 Å². The molecule has 2 rings (SSSR count). The molecule has 0 fully saturated rings. The number of methoxy groups -OCH3 is 1. The molecule has 1 heterocycles. The first-order valence-electron chi connectivity index (χ1n) is 6.67. The van der Waals surface area contributed by atoms with Crippen LogP contribution in [0.1, 0.15) is 36.3 Å². The van der Waals surface area contributed by atoms with Gasteiger partial charge >= 0.3 is 0 Å². The van der Waals surface area contributed by atoms with E-state index in [1.165, 1.54) is 5.56 Å². The fourth-order valence-corrected chi connectivity index (χ4v) is 2.21. The van der Waals surface area contributed by atoms with Crippen molar-refractivity contribution in [3.8, 4) is 5.75 Å². The van der Waals surface area contributed by atoms with Gasteiger partial charge in [-0.05, 0) is 49.2 Å². The van der Waals surface area contributed by atoms with Gasteiger partial charge in [-0.1, -0.05) is 19.1 Å². The zero-order valence-electron chi connectivity index (χ0n) is 11.8. The molecule has 3 nitrogen and oxygen atoms in total. The Morgan fingerprint density at radius 3 is 2.74 bits per heavy atom. The summed E-state index contributed by atoms with van der Waals surface area (Å²) in [6.45, 7) is 5.17. The third-order valence-corrected chi connectivity index (χ3v) is 3.18. The van der Waals surface area contributed by atoms with Crippen LogP contribution >= 0.6 is 0 Å². The summed E-state index contributed by atoms with van der Waals surface area (Å²) in [4.78, 5) is 0. The molecule has 1 aromatic carbocycles. The predicted molar refractivity (Wildman–Crippen MR) is 76.6 cm³/mol. The minimum Gasteiger partial charge on any atom is -0.496 e. The molecule has 0 aliphatic carbocycles. The normalized spacial score (nSPS) is 12.4. The van der Waals surface area contributed by atoms with Crippen LogP contribution in [0.15, 0.2) is 41.0 Å². The van der Waals surface area contributed by atoms with E-state index in [0.29, 0.717) is 0 Å². The van der Waals surface area contributed by atoms with Crippen LogP contribution in [0.3, 0.4) is 0 Å². The first kappa shape index (κ1) is 13.7. The number of rotatable bonds is 6. The Morgan fingerprint density at radius 1 is 1.32 bits per heavy atom. The molecule has 3 heteroatoms. The van der Waals surface area contributed by atoms with Crippen molar-refractivity contribution in [1.29, 1.82) is 0 Å². The molecule has 0 spiro atoms. The van der Waals surface area contributed by atoms with E-state index >= 15 is 0 Å². The lowest BCUT2D eigenvalue weighted by Gasteiger charge is -2.18. The zero-order valence-corrected chi connectivity index (χ0v) is 11.8. The minimum atomic E-state index is 0.0968. The smallest absolute Gasteiger partial charge is 0.125 e. The Bertz CT molecular complexity index is 505. The minimum absolute atomic E-state index is 0.0968. The third-order valence-electron chi connectivity index (χ3n) is 3.18. The maximum absolute atomic E-state index is 5.55. The van der Waals surface area contributed by atoms with E-state index in [1.807, 2.05) is 18.2 Å². The Labute approximate surface area is 114 Å². The van der Waals surface area contributed by atoms with E-state index < -0.39 is 0 Å². The van der Waals surface area contributed by atoms with Crippen molar-refractivity contribution in [2.24, 2.45) is 0 Å². The summed E-state index contributed by atoms with van der Waals surface area (Å²) in [5.41, 5.74) is 2.33. The van der Waals surface area contributed by atoms with Gasteiger partial charge in [0.05, 0.1) is 19.4 Å². The fraction of sp³-hybridized carbons (Fsp3) is 0.375. The van der Waals surface area contributed by atoms with E-state index in [0.717, 1.165) is 30.0 Å². The maximum Gasteiger partial charge on any atom is 0.125 e. The van der Waals surface area contributed by atoms with E-state index in [9.17, 15) is 0 Å². The second kappa shape index (κ2) is 6.43. The molecular formula is C16H21NO2. The number of furan rings is 1. The Kier molecular flexibility index (Phi) is 4.63. The highest BCUT2D eigenvalue weighted by Gasteiger charge is 2.16. The van der Waals surface area contributed by atoms with Crippen molar-refractivity contribution in [2.75, 3.05) is 13.7 Å². The van der Waals surface area contributed by atoms with Gasteiger partial charge in [0.2, 0.25) is 0 Å². The molecule has 0 bridgehead atoms. The summed E-state index contributed by atoms with van der Waals surface area (Å²) < 4.78 is 10.9. The lowest BCUT2D eigenvalue weighted by atomic mass is 10.0. The van der Waals surface area contributed by atoms with Crippen LogP contribution in [0, 0.1) is 6.92 Å². The summed E-state index contributed by atoms with van der Waals surface area (Å²) in [6.07, 6.45) is 2.80. The standard InChI is InChI=1S/C16H21NO2/c1-4-9-17-16(15-6-5-10-19-15)13-7-8-14(18-3)12(2)11-13/h5-8,10-11,16-17H,4,9H2,1-3H3. The molecule has 0 aliphatic rings. The van der Waals surface area contributed by atoms with Crippen LogP contribution in [0.2, 0.25) is 0 Å². The van der Waals surface area contributed by atoms with Crippen LogP contribution < -0.4 is 10.1 Å². The maximum atomic E-state index is 5.55. The van der Waals surface area contributed by atoms with Crippen LogP contribution in [0.4, 0.5) is 0 Å². The lowest BCUT2D eigenvalue weighted by Crippen LogP contribution is -2.22. The van der Waals surface area contributed by atoms with E-state index in [1.54, 1.807) is 13.4 Å². The summed E-state index contributed by atoms with van der Waals surface area (Å²) >= 11 is 0. The van der Waals surface area contributed by atoms with E-state index in [2.05, 4.69) is 31.3 Å². The summed E-state index contributed by atoms with van der Waals surface area (Å²) in [6, 6.07) is 10.3. The van der Waals surface area contributed by atoms with Crippen LogP contribution in [0.25, 0.3) is 0 Å². The van der Waals surface area contributed by atoms with Crippen molar-refractivity contribution in [3.63, 3.8) is 0 Å². The first-order valence-corrected chi connectivity index (χ1v) is 6.67. The number of benzene rings is 1. The molecule has 1 unspecified atom stereocenters. The molecule has 19 heavy (non-hydrogen) atoms. The van der Waals surface area contributed by atoms with Crippen LogP contribution in [-0.2, 0) is 0 Å². The van der Waals surface area contributed by atoms with Crippen molar-refractivity contribution < 1.29 is 9.15 Å². The highest BCUT2D eigenvalue weighted by molar-refractivity contribution is 5.39. The SMILES string of the molecule is CCCNC(c1ccc(OC)c(C)c1)c1ccco1. The molecule has 0 saturated heterocycles. The number of nitrogens with one attached hydrogen (secondary N) is 1.